The van der Waals surface area contributed by atoms with E-state index in [1.54, 1.807) is 12.4 Å². The van der Waals surface area contributed by atoms with Crippen LogP contribution >= 0.6 is 0 Å². The zero-order chi connectivity index (χ0) is 17.4. The zero-order valence-electron chi connectivity index (χ0n) is 14.0. The standard InChI is InChI=1S/C20H22F2N2O/c21-17-5-6-19(22)15(9-17)12-24-11-14-3-1-7-20(25,18(14)13-24)16-4-2-8-23-10-16/h2,4-6,8-10,14,18,25H,1,3,7,11-13H2/t14-,18-,20+/m1/s1. The van der Waals surface area contributed by atoms with Crippen LogP contribution in [0.5, 0.6) is 0 Å². The van der Waals surface area contributed by atoms with E-state index in [1.807, 2.05) is 12.1 Å². The summed E-state index contributed by atoms with van der Waals surface area (Å²) in [6, 6.07) is 7.38. The van der Waals surface area contributed by atoms with Crippen LogP contribution in [0.4, 0.5) is 8.78 Å². The third kappa shape index (κ3) is 3.07. The number of rotatable bonds is 3. The minimum atomic E-state index is -0.883. The number of aromatic nitrogens is 1. The van der Waals surface area contributed by atoms with Gasteiger partial charge in [0.25, 0.3) is 0 Å². The van der Waals surface area contributed by atoms with Gasteiger partial charge < -0.3 is 5.11 Å². The van der Waals surface area contributed by atoms with E-state index in [4.69, 9.17) is 0 Å². The van der Waals surface area contributed by atoms with Gasteiger partial charge in [0, 0.05) is 49.1 Å². The first-order chi connectivity index (χ1) is 12.1. The molecule has 132 valence electrons. The number of fused-ring (bicyclic) bond motifs is 1. The van der Waals surface area contributed by atoms with Crippen LogP contribution in [-0.4, -0.2) is 28.1 Å². The second kappa shape index (κ2) is 6.46. The molecular formula is C20H22F2N2O. The summed E-state index contributed by atoms with van der Waals surface area (Å²) in [4.78, 5) is 6.30. The van der Waals surface area contributed by atoms with Crippen molar-refractivity contribution in [3.8, 4) is 0 Å². The maximum absolute atomic E-state index is 14.0. The van der Waals surface area contributed by atoms with Gasteiger partial charge in [-0.1, -0.05) is 6.07 Å². The molecule has 1 aromatic carbocycles. The summed E-state index contributed by atoms with van der Waals surface area (Å²) in [7, 11) is 0. The monoisotopic (exact) mass is 344 g/mol. The molecule has 25 heavy (non-hydrogen) atoms. The highest BCUT2D eigenvalue weighted by atomic mass is 19.1. The Balaban J connectivity index is 1.56. The topological polar surface area (TPSA) is 36.4 Å². The molecule has 4 rings (SSSR count). The smallest absolute Gasteiger partial charge is 0.127 e. The van der Waals surface area contributed by atoms with E-state index in [2.05, 4.69) is 9.88 Å². The van der Waals surface area contributed by atoms with Crippen molar-refractivity contribution in [2.24, 2.45) is 11.8 Å². The van der Waals surface area contributed by atoms with E-state index in [1.165, 1.54) is 12.1 Å². The normalized spacial score (nSPS) is 29.6. The average Bonchev–Trinajstić information content (AvgIpc) is 3.03. The molecule has 1 saturated heterocycles. The molecule has 2 fully saturated rings. The van der Waals surface area contributed by atoms with Crippen LogP contribution in [0, 0.1) is 23.5 Å². The van der Waals surface area contributed by atoms with E-state index in [-0.39, 0.29) is 11.7 Å². The lowest BCUT2D eigenvalue weighted by molar-refractivity contribution is -0.0651. The molecule has 2 aliphatic rings. The largest absolute Gasteiger partial charge is 0.385 e. The third-order valence-corrected chi connectivity index (χ3v) is 5.83. The molecule has 0 radical (unpaired) electrons. The molecule has 1 aliphatic heterocycles. The number of hydrogen-bond donors (Lipinski definition) is 1. The molecule has 2 aromatic rings. The van der Waals surface area contributed by atoms with Crippen LogP contribution in [-0.2, 0) is 12.1 Å². The number of pyridine rings is 1. The fraction of sp³-hybridized carbons (Fsp3) is 0.450. The van der Waals surface area contributed by atoms with E-state index < -0.39 is 11.4 Å². The van der Waals surface area contributed by atoms with Gasteiger partial charge in [0.2, 0.25) is 0 Å². The van der Waals surface area contributed by atoms with Gasteiger partial charge in [-0.05, 0) is 49.4 Å². The predicted molar refractivity (Wildman–Crippen MR) is 90.6 cm³/mol. The Morgan fingerprint density at radius 3 is 2.92 bits per heavy atom. The van der Waals surface area contributed by atoms with E-state index in [9.17, 15) is 13.9 Å². The van der Waals surface area contributed by atoms with E-state index in [0.29, 0.717) is 24.6 Å². The molecule has 1 N–H and O–H groups in total. The molecule has 3 nitrogen and oxygen atoms in total. The summed E-state index contributed by atoms with van der Waals surface area (Å²) in [5, 5.41) is 11.4. The first-order valence-electron chi connectivity index (χ1n) is 8.85. The highest BCUT2D eigenvalue weighted by molar-refractivity contribution is 5.23. The predicted octanol–water partition coefficient (Wildman–Crippen LogP) is 3.48. The zero-order valence-corrected chi connectivity index (χ0v) is 14.0. The van der Waals surface area contributed by atoms with E-state index in [0.717, 1.165) is 37.4 Å². The van der Waals surface area contributed by atoms with Crippen molar-refractivity contribution in [3.63, 3.8) is 0 Å². The van der Waals surface area contributed by atoms with Crippen LogP contribution in [0.2, 0.25) is 0 Å². The summed E-state index contributed by atoms with van der Waals surface area (Å²) >= 11 is 0. The van der Waals surface area contributed by atoms with Crippen molar-refractivity contribution < 1.29 is 13.9 Å². The van der Waals surface area contributed by atoms with Crippen molar-refractivity contribution in [1.29, 1.82) is 0 Å². The lowest BCUT2D eigenvalue weighted by atomic mass is 9.68. The quantitative estimate of drug-likeness (QED) is 0.926. The lowest BCUT2D eigenvalue weighted by Gasteiger charge is -2.41. The van der Waals surface area contributed by atoms with Gasteiger partial charge in [-0.3, -0.25) is 9.88 Å². The maximum Gasteiger partial charge on any atom is 0.127 e. The summed E-state index contributed by atoms with van der Waals surface area (Å²) in [6.45, 7) is 1.87. The Kier molecular flexibility index (Phi) is 4.29. The van der Waals surface area contributed by atoms with Crippen LogP contribution < -0.4 is 0 Å². The number of aliphatic hydroxyl groups is 1. The molecule has 0 amide bonds. The summed E-state index contributed by atoms with van der Waals surface area (Å²) in [5.74, 6) is -0.323. The van der Waals surface area contributed by atoms with Gasteiger partial charge >= 0.3 is 0 Å². The Morgan fingerprint density at radius 1 is 1.24 bits per heavy atom. The van der Waals surface area contributed by atoms with Crippen LogP contribution in [0.25, 0.3) is 0 Å². The van der Waals surface area contributed by atoms with Crippen molar-refractivity contribution in [2.45, 2.75) is 31.4 Å². The molecule has 3 atom stereocenters. The Morgan fingerprint density at radius 2 is 2.12 bits per heavy atom. The van der Waals surface area contributed by atoms with E-state index >= 15 is 0 Å². The van der Waals surface area contributed by atoms with Crippen molar-refractivity contribution in [3.05, 3.63) is 65.5 Å². The number of nitrogens with zero attached hydrogens (tertiary/aromatic N) is 2. The first-order valence-corrected chi connectivity index (χ1v) is 8.85. The second-order valence-electron chi connectivity index (χ2n) is 7.35. The second-order valence-corrected chi connectivity index (χ2v) is 7.35. The highest BCUT2D eigenvalue weighted by Crippen LogP contribution is 2.48. The first kappa shape index (κ1) is 16.6. The number of benzene rings is 1. The Labute approximate surface area is 146 Å². The minimum absolute atomic E-state index is 0.0991. The molecule has 5 heteroatoms. The van der Waals surface area contributed by atoms with Crippen LogP contribution in [0.15, 0.2) is 42.7 Å². The fourth-order valence-electron chi connectivity index (χ4n) is 4.62. The highest BCUT2D eigenvalue weighted by Gasteiger charge is 2.49. The average molecular weight is 344 g/mol. The third-order valence-electron chi connectivity index (χ3n) is 5.83. The molecule has 1 saturated carbocycles. The summed E-state index contributed by atoms with van der Waals surface area (Å²) in [6.07, 6.45) is 6.21. The number of hydrogen-bond acceptors (Lipinski definition) is 3. The Bertz CT molecular complexity index is 755. The van der Waals surface area contributed by atoms with Crippen molar-refractivity contribution in [2.75, 3.05) is 13.1 Å². The molecule has 0 spiro atoms. The van der Waals surface area contributed by atoms with Gasteiger partial charge in [-0.25, -0.2) is 8.78 Å². The summed E-state index contributed by atoms with van der Waals surface area (Å²) in [5.41, 5.74) is 0.360. The maximum atomic E-state index is 14.0. The Hall–Kier alpha value is -1.85. The molecule has 1 aliphatic carbocycles. The fourth-order valence-corrected chi connectivity index (χ4v) is 4.62. The molecule has 1 aromatic heterocycles. The van der Waals surface area contributed by atoms with Crippen LogP contribution in [0.1, 0.15) is 30.4 Å². The SMILES string of the molecule is O[C@]1(c2cccnc2)CCC[C@@H]2CN(Cc3cc(F)ccc3F)C[C@H]21. The molecule has 0 unspecified atom stereocenters. The molecule has 2 heterocycles. The van der Waals surface area contributed by atoms with Gasteiger partial charge in [0.1, 0.15) is 11.6 Å². The van der Waals surface area contributed by atoms with Gasteiger partial charge in [0.05, 0.1) is 5.60 Å². The molecule has 0 bridgehead atoms. The number of halogens is 2. The van der Waals surface area contributed by atoms with Crippen molar-refractivity contribution >= 4 is 0 Å². The van der Waals surface area contributed by atoms with Gasteiger partial charge in [-0.2, -0.15) is 0 Å². The van der Waals surface area contributed by atoms with Gasteiger partial charge in [0.15, 0.2) is 0 Å². The molecular weight excluding hydrogens is 322 g/mol. The van der Waals surface area contributed by atoms with Crippen LogP contribution in [0.3, 0.4) is 0 Å². The number of likely N-dealkylation sites (tertiary alicyclic amines) is 1. The lowest BCUT2D eigenvalue weighted by Crippen LogP contribution is -2.42. The van der Waals surface area contributed by atoms with Crippen molar-refractivity contribution in [1.82, 2.24) is 9.88 Å². The summed E-state index contributed by atoms with van der Waals surface area (Å²) < 4.78 is 27.4. The minimum Gasteiger partial charge on any atom is -0.385 e. The van der Waals surface area contributed by atoms with Gasteiger partial charge in [-0.15, -0.1) is 0 Å².